The van der Waals surface area contributed by atoms with Crippen LogP contribution in [0.1, 0.15) is 30.1 Å². The molecule has 2 N–H and O–H groups in total. The van der Waals surface area contributed by atoms with Crippen LogP contribution in [0, 0.1) is 0 Å². The highest BCUT2D eigenvalue weighted by molar-refractivity contribution is 7.90. The van der Waals surface area contributed by atoms with Crippen molar-refractivity contribution in [2.45, 2.75) is 37.4 Å². The normalized spacial score (nSPS) is 16.7. The molecule has 12 heteroatoms. The smallest absolute Gasteiger partial charge is 0.481 e. The second-order valence-electron chi connectivity index (χ2n) is 5.28. The first kappa shape index (κ1) is 19.3. The van der Waals surface area contributed by atoms with Gasteiger partial charge in [0.05, 0.1) is 11.6 Å². The SMILES string of the molecule is C[C@@H](COc1scc(C(=O)NC2CC2)c1Cl)NS(=O)(=O)C(F)(F)F. The fraction of sp³-hybridized carbons (Fsp3) is 0.583. The number of hydrogen-bond acceptors (Lipinski definition) is 5. The Hall–Kier alpha value is -1.04. The van der Waals surface area contributed by atoms with Crippen LogP contribution in [0.15, 0.2) is 5.38 Å². The molecule has 1 fully saturated rings. The van der Waals surface area contributed by atoms with E-state index in [9.17, 15) is 26.4 Å². The predicted molar refractivity (Wildman–Crippen MR) is 82.9 cm³/mol. The van der Waals surface area contributed by atoms with Gasteiger partial charge in [0.2, 0.25) is 0 Å². The third-order valence-corrected chi connectivity index (χ3v) is 5.68. The summed E-state index contributed by atoms with van der Waals surface area (Å²) >= 11 is 7.02. The number of alkyl halides is 3. The molecule has 1 heterocycles. The van der Waals surface area contributed by atoms with Gasteiger partial charge in [-0.1, -0.05) is 11.6 Å². The van der Waals surface area contributed by atoms with Gasteiger partial charge in [-0.15, -0.1) is 11.3 Å². The van der Waals surface area contributed by atoms with Crippen molar-refractivity contribution in [2.75, 3.05) is 6.61 Å². The average molecular weight is 407 g/mol. The summed E-state index contributed by atoms with van der Waals surface area (Å²) in [6.07, 6.45) is 1.82. The first-order valence-electron chi connectivity index (χ1n) is 6.80. The highest BCUT2D eigenvalue weighted by Gasteiger charge is 2.46. The van der Waals surface area contributed by atoms with Crippen molar-refractivity contribution in [3.8, 4) is 5.06 Å². The maximum Gasteiger partial charge on any atom is 0.511 e. The van der Waals surface area contributed by atoms with E-state index in [1.54, 1.807) is 0 Å². The Balaban J connectivity index is 1.92. The van der Waals surface area contributed by atoms with Gasteiger partial charge in [0.1, 0.15) is 11.6 Å². The van der Waals surface area contributed by atoms with Crippen LogP contribution in [0.2, 0.25) is 5.02 Å². The molecule has 0 saturated heterocycles. The van der Waals surface area contributed by atoms with Crippen LogP contribution in [-0.4, -0.2) is 38.5 Å². The fourth-order valence-corrected chi connectivity index (χ4v) is 3.56. The number of carbonyl (C=O) groups is 1. The highest BCUT2D eigenvalue weighted by atomic mass is 35.5. The van der Waals surface area contributed by atoms with E-state index < -0.39 is 21.6 Å². The molecule has 1 atom stereocenters. The third-order valence-electron chi connectivity index (χ3n) is 2.98. The molecule has 6 nitrogen and oxygen atoms in total. The quantitative estimate of drug-likeness (QED) is 0.728. The number of halogens is 4. The largest absolute Gasteiger partial charge is 0.511 e. The average Bonchev–Trinajstić information content (AvgIpc) is 3.16. The molecular formula is C12H14ClF3N2O4S2. The summed E-state index contributed by atoms with van der Waals surface area (Å²) in [7, 11) is -5.45. The van der Waals surface area contributed by atoms with E-state index in [-0.39, 0.29) is 34.2 Å². The minimum atomic E-state index is -5.45. The van der Waals surface area contributed by atoms with E-state index in [2.05, 4.69) is 5.32 Å². The van der Waals surface area contributed by atoms with E-state index in [1.807, 2.05) is 0 Å². The van der Waals surface area contributed by atoms with Gasteiger partial charge >= 0.3 is 15.5 Å². The van der Waals surface area contributed by atoms with Crippen molar-refractivity contribution in [1.82, 2.24) is 10.0 Å². The summed E-state index contributed by atoms with van der Waals surface area (Å²) in [6, 6.07) is -0.992. The Morgan fingerprint density at radius 2 is 2.12 bits per heavy atom. The van der Waals surface area contributed by atoms with Crippen LogP contribution in [0.4, 0.5) is 13.2 Å². The van der Waals surface area contributed by atoms with Gasteiger partial charge in [0.25, 0.3) is 5.91 Å². The van der Waals surface area contributed by atoms with Crippen molar-refractivity contribution in [1.29, 1.82) is 0 Å². The molecular weight excluding hydrogens is 393 g/mol. The zero-order chi connectivity index (χ0) is 18.1. The number of amides is 1. The minimum Gasteiger partial charge on any atom is -0.481 e. The lowest BCUT2D eigenvalue weighted by atomic mass is 10.3. The Kier molecular flexibility index (Phi) is 5.68. The molecule has 0 unspecified atom stereocenters. The Morgan fingerprint density at radius 3 is 2.67 bits per heavy atom. The van der Waals surface area contributed by atoms with Crippen molar-refractivity contribution < 1.29 is 31.1 Å². The summed E-state index contributed by atoms with van der Waals surface area (Å²) in [6.45, 7) is 0.838. The number of rotatable bonds is 7. The molecule has 24 heavy (non-hydrogen) atoms. The van der Waals surface area contributed by atoms with Crippen molar-refractivity contribution in [3.63, 3.8) is 0 Å². The molecule has 0 bridgehead atoms. The van der Waals surface area contributed by atoms with Gasteiger partial charge in [-0.3, -0.25) is 4.79 Å². The van der Waals surface area contributed by atoms with E-state index in [1.165, 1.54) is 17.0 Å². The third kappa shape index (κ3) is 4.74. The zero-order valence-electron chi connectivity index (χ0n) is 12.3. The molecule has 2 rings (SSSR count). The first-order chi connectivity index (χ1) is 11.0. The second kappa shape index (κ2) is 7.06. The molecule has 136 valence electrons. The number of hydrogen-bond donors (Lipinski definition) is 2. The molecule has 0 radical (unpaired) electrons. The van der Waals surface area contributed by atoms with Gasteiger partial charge in [0.15, 0.2) is 5.06 Å². The molecule has 1 aliphatic carbocycles. The number of ether oxygens (including phenoxy) is 1. The fourth-order valence-electron chi connectivity index (χ4n) is 1.63. The lowest BCUT2D eigenvalue weighted by Crippen LogP contribution is -2.43. The van der Waals surface area contributed by atoms with Crippen molar-refractivity contribution in [2.24, 2.45) is 0 Å². The summed E-state index contributed by atoms with van der Waals surface area (Å²) in [5, 5.41) is 4.40. The summed E-state index contributed by atoms with van der Waals surface area (Å²) in [5.74, 6) is -0.348. The Bertz CT molecular complexity index is 716. The van der Waals surface area contributed by atoms with E-state index >= 15 is 0 Å². The predicted octanol–water partition coefficient (Wildman–Crippen LogP) is 2.50. The molecule has 1 saturated carbocycles. The molecule has 0 spiro atoms. The van der Waals surface area contributed by atoms with Gasteiger partial charge in [-0.25, -0.2) is 13.1 Å². The molecule has 0 aromatic carbocycles. The molecule has 1 aromatic rings. The Morgan fingerprint density at radius 1 is 1.50 bits per heavy atom. The van der Waals surface area contributed by atoms with Crippen molar-refractivity contribution >= 4 is 38.9 Å². The number of sulfonamides is 1. The number of thiophene rings is 1. The van der Waals surface area contributed by atoms with Gasteiger partial charge in [-0.2, -0.15) is 13.2 Å². The van der Waals surface area contributed by atoms with Gasteiger partial charge in [0, 0.05) is 11.4 Å². The van der Waals surface area contributed by atoms with Crippen LogP contribution in [0.3, 0.4) is 0 Å². The van der Waals surface area contributed by atoms with Gasteiger partial charge < -0.3 is 10.1 Å². The topological polar surface area (TPSA) is 84.5 Å². The number of nitrogens with one attached hydrogen (secondary N) is 2. The van der Waals surface area contributed by atoms with E-state index in [0.717, 1.165) is 24.2 Å². The molecule has 1 aliphatic rings. The highest BCUT2D eigenvalue weighted by Crippen LogP contribution is 2.36. The standard InChI is InChI=1S/C12H14ClF3N2O4S2/c1-6(18-24(20,21)12(14,15)16)4-22-11-9(13)8(5-23-11)10(19)17-7-2-3-7/h5-7,18H,2-4H2,1H3,(H,17,19)/t6-/m0/s1. The van der Waals surface area contributed by atoms with Crippen LogP contribution >= 0.6 is 22.9 Å². The van der Waals surface area contributed by atoms with Crippen LogP contribution < -0.4 is 14.8 Å². The molecule has 1 amide bonds. The molecule has 1 aromatic heterocycles. The van der Waals surface area contributed by atoms with Crippen LogP contribution in [0.5, 0.6) is 5.06 Å². The second-order valence-corrected chi connectivity index (χ2v) is 8.20. The summed E-state index contributed by atoms with van der Waals surface area (Å²) in [4.78, 5) is 11.9. The first-order valence-corrected chi connectivity index (χ1v) is 9.54. The summed E-state index contributed by atoms with van der Waals surface area (Å²) in [5.41, 5.74) is -5.18. The van der Waals surface area contributed by atoms with Crippen LogP contribution in [0.25, 0.3) is 0 Å². The van der Waals surface area contributed by atoms with Crippen LogP contribution in [-0.2, 0) is 10.0 Å². The minimum absolute atomic E-state index is 0.0454. The zero-order valence-corrected chi connectivity index (χ0v) is 14.7. The number of carbonyl (C=O) groups excluding carboxylic acids is 1. The Labute approximate surface area is 145 Å². The molecule has 0 aliphatic heterocycles. The summed E-state index contributed by atoms with van der Waals surface area (Å²) < 4.78 is 65.4. The lowest BCUT2D eigenvalue weighted by molar-refractivity contribution is -0.0451. The monoisotopic (exact) mass is 406 g/mol. The lowest BCUT2D eigenvalue weighted by Gasteiger charge is -2.16. The van der Waals surface area contributed by atoms with Crippen molar-refractivity contribution in [3.05, 3.63) is 16.0 Å². The maximum absolute atomic E-state index is 12.3. The maximum atomic E-state index is 12.3. The van der Waals surface area contributed by atoms with E-state index in [4.69, 9.17) is 16.3 Å². The van der Waals surface area contributed by atoms with Gasteiger partial charge in [-0.05, 0) is 19.8 Å². The van der Waals surface area contributed by atoms with E-state index in [0.29, 0.717) is 0 Å².